The minimum absolute atomic E-state index is 0.132. The second kappa shape index (κ2) is 5.31. The molecule has 1 aromatic heterocycles. The molecule has 1 saturated heterocycles. The maximum absolute atomic E-state index is 13.8. The summed E-state index contributed by atoms with van der Waals surface area (Å²) in [4.78, 5) is 2.36. The monoisotopic (exact) mass is 262 g/mol. The summed E-state index contributed by atoms with van der Waals surface area (Å²) in [6, 6.07) is 7.29. The number of hydrogen-bond donors (Lipinski definition) is 0. The van der Waals surface area contributed by atoms with Crippen LogP contribution in [0.2, 0.25) is 0 Å². The van der Waals surface area contributed by atoms with Gasteiger partial charge in [-0.25, -0.2) is 4.39 Å². The first-order valence-corrected chi connectivity index (χ1v) is 6.86. The first kappa shape index (κ1) is 12.6. The SMILES string of the molecule is CCn1c(CN2CCOCC2)cc2c(F)cccc21. The van der Waals surface area contributed by atoms with Crippen LogP contribution in [-0.4, -0.2) is 35.8 Å². The van der Waals surface area contributed by atoms with Crippen LogP contribution in [0.3, 0.4) is 0 Å². The van der Waals surface area contributed by atoms with Gasteiger partial charge < -0.3 is 9.30 Å². The van der Waals surface area contributed by atoms with Crippen LogP contribution in [0.4, 0.5) is 4.39 Å². The van der Waals surface area contributed by atoms with E-state index >= 15 is 0 Å². The fourth-order valence-electron chi connectivity index (χ4n) is 2.80. The Kier molecular flexibility index (Phi) is 3.53. The van der Waals surface area contributed by atoms with Gasteiger partial charge in [0.1, 0.15) is 5.82 Å². The average molecular weight is 262 g/mol. The van der Waals surface area contributed by atoms with Crippen LogP contribution < -0.4 is 0 Å². The molecule has 1 aliphatic rings. The second-order valence-corrected chi connectivity index (χ2v) is 4.94. The number of morpholine rings is 1. The van der Waals surface area contributed by atoms with Crippen LogP contribution in [-0.2, 0) is 17.8 Å². The highest BCUT2D eigenvalue weighted by molar-refractivity contribution is 5.82. The minimum atomic E-state index is -0.132. The van der Waals surface area contributed by atoms with Gasteiger partial charge in [-0.05, 0) is 25.1 Å². The third kappa shape index (κ3) is 2.38. The van der Waals surface area contributed by atoms with Gasteiger partial charge in [0.05, 0.1) is 18.7 Å². The van der Waals surface area contributed by atoms with Crippen LogP contribution >= 0.6 is 0 Å². The number of halogens is 1. The van der Waals surface area contributed by atoms with Gasteiger partial charge in [0.25, 0.3) is 0 Å². The summed E-state index contributed by atoms with van der Waals surface area (Å²) in [5, 5.41) is 0.729. The molecular formula is C15H19FN2O. The Morgan fingerprint density at radius 1 is 1.26 bits per heavy atom. The molecule has 1 aromatic carbocycles. The van der Waals surface area contributed by atoms with E-state index in [1.165, 1.54) is 11.8 Å². The minimum Gasteiger partial charge on any atom is -0.379 e. The van der Waals surface area contributed by atoms with E-state index in [0.717, 1.165) is 50.3 Å². The van der Waals surface area contributed by atoms with Crippen molar-refractivity contribution in [2.24, 2.45) is 0 Å². The first-order chi connectivity index (χ1) is 9.29. The van der Waals surface area contributed by atoms with Crippen LogP contribution in [0.25, 0.3) is 10.9 Å². The predicted octanol–water partition coefficient (Wildman–Crippen LogP) is 2.63. The highest BCUT2D eigenvalue weighted by Crippen LogP contribution is 2.23. The third-order valence-electron chi connectivity index (χ3n) is 3.78. The molecule has 1 fully saturated rings. The van der Waals surface area contributed by atoms with E-state index in [9.17, 15) is 4.39 Å². The lowest BCUT2D eigenvalue weighted by molar-refractivity contribution is 0.0332. The summed E-state index contributed by atoms with van der Waals surface area (Å²) in [5.41, 5.74) is 2.18. The molecule has 0 N–H and O–H groups in total. The van der Waals surface area contributed by atoms with Gasteiger partial charge in [-0.1, -0.05) is 6.07 Å². The Bertz CT molecular complexity index is 573. The lowest BCUT2D eigenvalue weighted by Crippen LogP contribution is -2.36. The number of ether oxygens (including phenoxy) is 1. The molecule has 1 aliphatic heterocycles. The van der Waals surface area contributed by atoms with Crippen LogP contribution in [0.15, 0.2) is 24.3 Å². The fourth-order valence-corrected chi connectivity index (χ4v) is 2.80. The van der Waals surface area contributed by atoms with E-state index in [0.29, 0.717) is 0 Å². The van der Waals surface area contributed by atoms with Gasteiger partial charge in [-0.15, -0.1) is 0 Å². The lowest BCUT2D eigenvalue weighted by atomic mass is 10.2. The van der Waals surface area contributed by atoms with E-state index in [-0.39, 0.29) is 5.82 Å². The van der Waals surface area contributed by atoms with Crippen molar-refractivity contribution in [2.45, 2.75) is 20.0 Å². The van der Waals surface area contributed by atoms with Crippen LogP contribution in [0, 0.1) is 5.82 Å². The molecule has 0 bridgehead atoms. The summed E-state index contributed by atoms with van der Waals surface area (Å²) >= 11 is 0. The Morgan fingerprint density at radius 2 is 2.05 bits per heavy atom. The molecule has 2 aromatic rings. The van der Waals surface area contributed by atoms with Gasteiger partial charge in [-0.3, -0.25) is 4.90 Å². The Morgan fingerprint density at radius 3 is 2.79 bits per heavy atom. The molecule has 4 heteroatoms. The van der Waals surface area contributed by atoms with E-state index < -0.39 is 0 Å². The average Bonchev–Trinajstić information content (AvgIpc) is 2.79. The third-order valence-corrected chi connectivity index (χ3v) is 3.78. The normalized spacial score (nSPS) is 17.2. The molecule has 0 saturated carbocycles. The number of aryl methyl sites for hydroxylation is 1. The molecule has 3 nitrogen and oxygen atoms in total. The summed E-state index contributed by atoms with van der Waals surface area (Å²) in [6.07, 6.45) is 0. The quantitative estimate of drug-likeness (QED) is 0.846. The summed E-state index contributed by atoms with van der Waals surface area (Å²) in [7, 11) is 0. The molecule has 0 amide bonds. The molecule has 2 heterocycles. The standard InChI is InChI=1S/C15H19FN2O/c1-2-18-12(11-17-6-8-19-9-7-17)10-13-14(16)4-3-5-15(13)18/h3-5,10H,2,6-9,11H2,1H3. The van der Waals surface area contributed by atoms with Gasteiger partial charge in [0.2, 0.25) is 0 Å². The molecule has 0 spiro atoms. The number of aromatic nitrogens is 1. The van der Waals surface area contributed by atoms with Crippen molar-refractivity contribution in [3.05, 3.63) is 35.8 Å². The van der Waals surface area contributed by atoms with E-state index in [2.05, 4.69) is 16.4 Å². The van der Waals surface area contributed by atoms with E-state index in [1.807, 2.05) is 12.1 Å². The van der Waals surface area contributed by atoms with Gasteiger partial charge >= 0.3 is 0 Å². The summed E-state index contributed by atoms with van der Waals surface area (Å²) in [5.74, 6) is -0.132. The molecule has 19 heavy (non-hydrogen) atoms. The maximum Gasteiger partial charge on any atom is 0.132 e. The van der Waals surface area contributed by atoms with Crippen molar-refractivity contribution < 1.29 is 9.13 Å². The number of benzene rings is 1. The predicted molar refractivity (Wildman–Crippen MR) is 73.7 cm³/mol. The largest absolute Gasteiger partial charge is 0.379 e. The van der Waals surface area contributed by atoms with Gasteiger partial charge in [-0.2, -0.15) is 0 Å². The molecule has 0 aliphatic carbocycles. The smallest absolute Gasteiger partial charge is 0.132 e. The topological polar surface area (TPSA) is 17.4 Å². The fraction of sp³-hybridized carbons (Fsp3) is 0.467. The Labute approximate surface area is 112 Å². The number of nitrogens with zero attached hydrogens (tertiary/aromatic N) is 2. The Hall–Kier alpha value is -1.39. The first-order valence-electron chi connectivity index (χ1n) is 6.86. The number of rotatable bonds is 3. The zero-order chi connectivity index (χ0) is 13.2. The highest BCUT2D eigenvalue weighted by Gasteiger charge is 2.15. The molecule has 0 unspecified atom stereocenters. The molecule has 0 radical (unpaired) electrons. The van der Waals surface area contributed by atoms with E-state index in [4.69, 9.17) is 4.74 Å². The zero-order valence-corrected chi connectivity index (χ0v) is 11.2. The lowest BCUT2D eigenvalue weighted by Gasteiger charge is -2.26. The van der Waals surface area contributed by atoms with Crippen LogP contribution in [0.5, 0.6) is 0 Å². The molecule has 3 rings (SSSR count). The number of fused-ring (bicyclic) bond motifs is 1. The number of hydrogen-bond acceptors (Lipinski definition) is 2. The highest BCUT2D eigenvalue weighted by atomic mass is 19.1. The van der Waals surface area contributed by atoms with E-state index in [1.54, 1.807) is 6.07 Å². The van der Waals surface area contributed by atoms with Gasteiger partial charge in [0, 0.05) is 37.3 Å². The van der Waals surface area contributed by atoms with Crippen molar-refractivity contribution in [3.63, 3.8) is 0 Å². The Balaban J connectivity index is 1.95. The summed E-state index contributed by atoms with van der Waals surface area (Å²) in [6.45, 7) is 7.33. The van der Waals surface area contributed by atoms with Crippen molar-refractivity contribution in [3.8, 4) is 0 Å². The molecular weight excluding hydrogens is 243 g/mol. The zero-order valence-electron chi connectivity index (χ0n) is 11.2. The van der Waals surface area contributed by atoms with Crippen molar-refractivity contribution in [1.29, 1.82) is 0 Å². The summed E-state index contributed by atoms with van der Waals surface area (Å²) < 4.78 is 21.4. The van der Waals surface area contributed by atoms with Crippen molar-refractivity contribution >= 4 is 10.9 Å². The van der Waals surface area contributed by atoms with Crippen molar-refractivity contribution in [1.82, 2.24) is 9.47 Å². The maximum atomic E-state index is 13.8. The second-order valence-electron chi connectivity index (χ2n) is 4.94. The van der Waals surface area contributed by atoms with Crippen LogP contribution in [0.1, 0.15) is 12.6 Å². The van der Waals surface area contributed by atoms with Gasteiger partial charge in [0.15, 0.2) is 0 Å². The molecule has 0 atom stereocenters. The van der Waals surface area contributed by atoms with Crippen molar-refractivity contribution in [2.75, 3.05) is 26.3 Å². The molecule has 102 valence electrons.